The summed E-state index contributed by atoms with van der Waals surface area (Å²) in [5.41, 5.74) is 0. The Balaban J connectivity index is 2.01. The van der Waals surface area contributed by atoms with E-state index in [9.17, 15) is 10.2 Å². The highest BCUT2D eigenvalue weighted by Crippen LogP contribution is 2.20. The van der Waals surface area contributed by atoms with Crippen molar-refractivity contribution in [1.29, 1.82) is 0 Å². The lowest BCUT2D eigenvalue weighted by Gasteiger charge is -2.20. The summed E-state index contributed by atoms with van der Waals surface area (Å²) in [4.78, 5) is 0. The summed E-state index contributed by atoms with van der Waals surface area (Å²) in [5, 5.41) is 28.3. The number of hydrogen-bond donors (Lipinski definition) is 3. The fourth-order valence-electron chi connectivity index (χ4n) is 2.50. The van der Waals surface area contributed by atoms with Crippen LogP contribution in [-0.2, 0) is 9.47 Å². The van der Waals surface area contributed by atoms with Crippen molar-refractivity contribution in [3.8, 4) is 0 Å². The molecule has 3 N–H and O–H groups in total. The van der Waals surface area contributed by atoms with Gasteiger partial charge in [0.15, 0.2) is 0 Å². The average molecular weight is 302 g/mol. The zero-order chi connectivity index (χ0) is 15.5. The van der Waals surface area contributed by atoms with Gasteiger partial charge in [-0.2, -0.15) is 0 Å². The van der Waals surface area contributed by atoms with Gasteiger partial charge in [0.2, 0.25) is 0 Å². The summed E-state index contributed by atoms with van der Waals surface area (Å²) in [6, 6.07) is 0. The van der Waals surface area contributed by atoms with Crippen molar-refractivity contribution in [2.24, 2.45) is 0 Å². The highest BCUT2D eigenvalue weighted by molar-refractivity contribution is 4.88. The van der Waals surface area contributed by atoms with E-state index in [2.05, 4.69) is 12.2 Å². The van der Waals surface area contributed by atoms with Crippen molar-refractivity contribution in [3.05, 3.63) is 12.2 Å². The molecule has 1 heterocycles. The molecule has 0 spiro atoms. The highest BCUT2D eigenvalue weighted by Gasteiger charge is 2.40. The summed E-state index contributed by atoms with van der Waals surface area (Å²) in [5.74, 6) is 0. The molecule has 124 valence electrons. The summed E-state index contributed by atoms with van der Waals surface area (Å²) in [6.07, 6.45) is 8.17. The molecular formula is C16H30O5. The minimum absolute atomic E-state index is 0.270. The number of allylic oxidation sites excluding steroid dienone is 2. The van der Waals surface area contributed by atoms with Crippen LogP contribution in [0.1, 0.15) is 45.4 Å². The normalized spacial score (nSPS) is 27.5. The fraction of sp³-hybridized carbons (Fsp3) is 0.875. The molecule has 5 heteroatoms. The minimum atomic E-state index is -1.05. The molecule has 0 bridgehead atoms. The van der Waals surface area contributed by atoms with Gasteiger partial charge in [0, 0.05) is 6.61 Å². The molecule has 0 amide bonds. The molecule has 1 aliphatic heterocycles. The number of ether oxygens (including phenoxy) is 2. The van der Waals surface area contributed by atoms with Gasteiger partial charge in [0.25, 0.3) is 0 Å². The number of aliphatic hydroxyl groups is 3. The van der Waals surface area contributed by atoms with Crippen molar-refractivity contribution in [3.63, 3.8) is 0 Å². The molecule has 0 aromatic carbocycles. The summed E-state index contributed by atoms with van der Waals surface area (Å²) in [6.45, 7) is 2.50. The van der Waals surface area contributed by atoms with E-state index in [1.54, 1.807) is 0 Å². The minimum Gasteiger partial charge on any atom is -0.394 e. The Bertz CT molecular complexity index is 282. The van der Waals surface area contributed by atoms with Gasteiger partial charge in [0.05, 0.1) is 13.2 Å². The van der Waals surface area contributed by atoms with E-state index in [1.165, 1.54) is 19.3 Å². The van der Waals surface area contributed by atoms with Gasteiger partial charge in [-0.15, -0.1) is 0 Å². The van der Waals surface area contributed by atoms with Crippen LogP contribution < -0.4 is 0 Å². The first-order valence-corrected chi connectivity index (χ1v) is 8.02. The zero-order valence-electron chi connectivity index (χ0n) is 13.0. The maximum atomic E-state index is 9.95. The maximum absolute atomic E-state index is 9.95. The van der Waals surface area contributed by atoms with E-state index in [-0.39, 0.29) is 6.61 Å². The topological polar surface area (TPSA) is 79.2 Å². The molecule has 0 saturated carbocycles. The Hall–Kier alpha value is -0.460. The summed E-state index contributed by atoms with van der Waals surface area (Å²) >= 11 is 0. The molecule has 0 aliphatic carbocycles. The van der Waals surface area contributed by atoms with Gasteiger partial charge < -0.3 is 24.8 Å². The lowest BCUT2D eigenvalue weighted by atomic mass is 10.1. The van der Waals surface area contributed by atoms with Crippen LogP contribution in [0.25, 0.3) is 0 Å². The predicted molar refractivity (Wildman–Crippen MR) is 81.1 cm³/mol. The van der Waals surface area contributed by atoms with Crippen molar-refractivity contribution < 1.29 is 24.8 Å². The van der Waals surface area contributed by atoms with E-state index in [4.69, 9.17) is 14.6 Å². The number of hydrogen-bond acceptors (Lipinski definition) is 5. The van der Waals surface area contributed by atoms with Crippen LogP contribution in [0.3, 0.4) is 0 Å². The van der Waals surface area contributed by atoms with Gasteiger partial charge >= 0.3 is 0 Å². The summed E-state index contributed by atoms with van der Waals surface area (Å²) in [7, 11) is 0. The molecule has 1 rings (SSSR count). The zero-order valence-corrected chi connectivity index (χ0v) is 13.0. The molecule has 4 atom stereocenters. The van der Waals surface area contributed by atoms with E-state index in [1.807, 2.05) is 6.92 Å². The number of rotatable bonds is 11. The van der Waals surface area contributed by atoms with Crippen LogP contribution in [-0.4, -0.2) is 59.6 Å². The second kappa shape index (κ2) is 11.2. The standard InChI is InChI=1S/C16H30O5/c1-2-3-4-5-6-7-8-9-10-20-14-12-21-16(15(14)19)13(18)11-17/h2-3,13-19H,4-12H2,1H3/b3-2+/t13-,14+,15-,16-/m0/s1. The molecule has 21 heavy (non-hydrogen) atoms. The van der Waals surface area contributed by atoms with Crippen molar-refractivity contribution in [2.75, 3.05) is 19.8 Å². The largest absolute Gasteiger partial charge is 0.394 e. The van der Waals surface area contributed by atoms with Gasteiger partial charge in [-0.3, -0.25) is 0 Å². The second-order valence-electron chi connectivity index (χ2n) is 5.57. The molecule has 1 saturated heterocycles. The smallest absolute Gasteiger partial charge is 0.114 e. The third kappa shape index (κ3) is 6.89. The Kier molecular flexibility index (Phi) is 9.87. The van der Waals surface area contributed by atoms with Crippen LogP contribution in [0.15, 0.2) is 12.2 Å². The highest BCUT2D eigenvalue weighted by atomic mass is 16.6. The van der Waals surface area contributed by atoms with Gasteiger partial charge in [-0.05, 0) is 26.2 Å². The molecular weight excluding hydrogens is 272 g/mol. The SMILES string of the molecule is C/C=C/CCCCCCCO[C@@H]1CO[C@@H]([C@@H](O)CO)[C@H]1O. The van der Waals surface area contributed by atoms with Crippen LogP contribution in [0.2, 0.25) is 0 Å². The van der Waals surface area contributed by atoms with Crippen LogP contribution in [0, 0.1) is 0 Å². The van der Waals surface area contributed by atoms with E-state index in [0.717, 1.165) is 19.3 Å². The Morgan fingerprint density at radius 1 is 1.24 bits per heavy atom. The lowest BCUT2D eigenvalue weighted by Crippen LogP contribution is -2.41. The number of aliphatic hydroxyl groups excluding tert-OH is 3. The van der Waals surface area contributed by atoms with E-state index >= 15 is 0 Å². The van der Waals surface area contributed by atoms with Crippen molar-refractivity contribution in [2.45, 2.75) is 69.9 Å². The second-order valence-corrected chi connectivity index (χ2v) is 5.57. The summed E-state index contributed by atoms with van der Waals surface area (Å²) < 4.78 is 10.9. The average Bonchev–Trinajstić information content (AvgIpc) is 2.86. The van der Waals surface area contributed by atoms with Crippen molar-refractivity contribution >= 4 is 0 Å². The molecule has 5 nitrogen and oxygen atoms in total. The molecule has 0 radical (unpaired) electrons. The van der Waals surface area contributed by atoms with Crippen LogP contribution in [0.4, 0.5) is 0 Å². The Morgan fingerprint density at radius 3 is 2.67 bits per heavy atom. The molecule has 0 unspecified atom stereocenters. The lowest BCUT2D eigenvalue weighted by molar-refractivity contribution is -0.0730. The third-order valence-electron chi connectivity index (χ3n) is 3.82. The molecule has 1 aliphatic rings. The Morgan fingerprint density at radius 2 is 1.95 bits per heavy atom. The first-order chi connectivity index (χ1) is 10.2. The monoisotopic (exact) mass is 302 g/mol. The first-order valence-electron chi connectivity index (χ1n) is 8.02. The third-order valence-corrected chi connectivity index (χ3v) is 3.82. The van der Waals surface area contributed by atoms with Crippen LogP contribution in [0.5, 0.6) is 0 Å². The number of unbranched alkanes of at least 4 members (excludes halogenated alkanes) is 5. The van der Waals surface area contributed by atoms with Crippen molar-refractivity contribution in [1.82, 2.24) is 0 Å². The maximum Gasteiger partial charge on any atom is 0.114 e. The molecule has 0 aromatic rings. The Labute approximate surface area is 127 Å². The fourth-order valence-corrected chi connectivity index (χ4v) is 2.50. The van der Waals surface area contributed by atoms with Gasteiger partial charge in [-0.25, -0.2) is 0 Å². The van der Waals surface area contributed by atoms with E-state index < -0.39 is 31.0 Å². The van der Waals surface area contributed by atoms with Gasteiger partial charge in [0.1, 0.15) is 24.4 Å². The first kappa shape index (κ1) is 18.6. The predicted octanol–water partition coefficient (Wildman–Crippen LogP) is 1.40. The van der Waals surface area contributed by atoms with E-state index in [0.29, 0.717) is 6.61 Å². The molecule has 1 fully saturated rings. The quantitative estimate of drug-likeness (QED) is 0.397. The van der Waals surface area contributed by atoms with Gasteiger partial charge in [-0.1, -0.05) is 31.4 Å². The van der Waals surface area contributed by atoms with Crippen LogP contribution >= 0.6 is 0 Å². The molecule has 0 aromatic heterocycles.